The standard InChI is InChI=1S/C15H18F3N3O3/c1-10(22)21-6-2-3-12(21)14(23)20-8-11-4-5-19-13(7-11)24-9-15(16,17)18/h4-5,7,12H,2-3,6,8-9H2,1H3,(H,20,23)/t12-/m0/s1. The molecule has 1 N–H and O–H groups in total. The number of rotatable bonds is 5. The van der Waals surface area contributed by atoms with Crippen LogP contribution >= 0.6 is 0 Å². The summed E-state index contributed by atoms with van der Waals surface area (Å²) in [5.41, 5.74) is 0.558. The highest BCUT2D eigenvalue weighted by Gasteiger charge is 2.32. The number of nitrogens with zero attached hydrogens (tertiary/aromatic N) is 2. The zero-order valence-corrected chi connectivity index (χ0v) is 13.1. The molecule has 9 heteroatoms. The molecule has 2 heterocycles. The van der Waals surface area contributed by atoms with Crippen LogP contribution in [0.25, 0.3) is 0 Å². The third-order valence-electron chi connectivity index (χ3n) is 3.61. The van der Waals surface area contributed by atoms with E-state index in [0.29, 0.717) is 18.5 Å². The molecular weight excluding hydrogens is 327 g/mol. The Labute approximate surface area is 137 Å². The van der Waals surface area contributed by atoms with Crippen molar-refractivity contribution >= 4 is 11.8 Å². The normalized spacial score (nSPS) is 17.7. The lowest BCUT2D eigenvalue weighted by Crippen LogP contribution is -2.44. The highest BCUT2D eigenvalue weighted by Crippen LogP contribution is 2.19. The number of nitrogens with one attached hydrogen (secondary N) is 1. The van der Waals surface area contributed by atoms with Crippen LogP contribution in [0.5, 0.6) is 5.88 Å². The molecule has 24 heavy (non-hydrogen) atoms. The molecular formula is C15H18F3N3O3. The van der Waals surface area contributed by atoms with Crippen molar-refractivity contribution in [2.75, 3.05) is 13.2 Å². The highest BCUT2D eigenvalue weighted by molar-refractivity contribution is 5.87. The molecule has 0 aliphatic carbocycles. The molecule has 0 radical (unpaired) electrons. The van der Waals surface area contributed by atoms with E-state index in [0.717, 1.165) is 6.42 Å². The summed E-state index contributed by atoms with van der Waals surface area (Å²) in [6, 6.07) is 2.41. The Kier molecular flexibility index (Phi) is 5.63. The minimum Gasteiger partial charge on any atom is -0.468 e. The number of alkyl halides is 3. The van der Waals surface area contributed by atoms with Crippen LogP contribution in [0.2, 0.25) is 0 Å². The van der Waals surface area contributed by atoms with Gasteiger partial charge in [0.15, 0.2) is 6.61 Å². The van der Waals surface area contributed by atoms with Crippen LogP contribution in [0, 0.1) is 0 Å². The van der Waals surface area contributed by atoms with Gasteiger partial charge in [0.05, 0.1) is 0 Å². The van der Waals surface area contributed by atoms with Crippen molar-refractivity contribution in [3.63, 3.8) is 0 Å². The number of amides is 2. The Morgan fingerprint density at radius 2 is 2.21 bits per heavy atom. The summed E-state index contributed by atoms with van der Waals surface area (Å²) in [4.78, 5) is 28.8. The lowest BCUT2D eigenvalue weighted by Gasteiger charge is -2.22. The maximum absolute atomic E-state index is 12.2. The van der Waals surface area contributed by atoms with Crippen molar-refractivity contribution in [1.82, 2.24) is 15.2 Å². The first kappa shape index (κ1) is 18.0. The second-order valence-electron chi connectivity index (χ2n) is 5.49. The molecule has 0 aromatic carbocycles. The van der Waals surface area contributed by atoms with Crippen LogP contribution in [0.1, 0.15) is 25.3 Å². The van der Waals surface area contributed by atoms with Gasteiger partial charge in [0.25, 0.3) is 0 Å². The van der Waals surface area contributed by atoms with E-state index in [1.807, 2.05) is 0 Å². The number of hydrogen-bond donors (Lipinski definition) is 1. The monoisotopic (exact) mass is 345 g/mol. The maximum atomic E-state index is 12.2. The molecule has 0 bridgehead atoms. The Balaban J connectivity index is 1.90. The van der Waals surface area contributed by atoms with Crippen LogP contribution in [0.15, 0.2) is 18.3 Å². The number of ether oxygens (including phenoxy) is 1. The predicted molar refractivity (Wildman–Crippen MR) is 78.0 cm³/mol. The Hall–Kier alpha value is -2.32. The first-order chi connectivity index (χ1) is 11.3. The van der Waals surface area contributed by atoms with Gasteiger partial charge < -0.3 is 15.0 Å². The molecule has 2 rings (SSSR count). The van der Waals surface area contributed by atoms with Gasteiger partial charge in [-0.15, -0.1) is 0 Å². The number of pyridine rings is 1. The number of carbonyl (C=O) groups excluding carboxylic acids is 2. The van der Waals surface area contributed by atoms with Crippen molar-refractivity contribution in [3.8, 4) is 5.88 Å². The summed E-state index contributed by atoms with van der Waals surface area (Å²) in [6.45, 7) is 0.661. The number of hydrogen-bond acceptors (Lipinski definition) is 4. The number of aromatic nitrogens is 1. The molecule has 2 amide bonds. The summed E-state index contributed by atoms with van der Waals surface area (Å²) >= 11 is 0. The molecule has 0 spiro atoms. The first-order valence-electron chi connectivity index (χ1n) is 7.45. The fourth-order valence-electron chi connectivity index (χ4n) is 2.52. The molecule has 6 nitrogen and oxygen atoms in total. The van der Waals surface area contributed by atoms with Gasteiger partial charge in [-0.05, 0) is 24.5 Å². The lowest BCUT2D eigenvalue weighted by molar-refractivity contribution is -0.154. The van der Waals surface area contributed by atoms with E-state index in [4.69, 9.17) is 0 Å². The average molecular weight is 345 g/mol. The van der Waals surface area contributed by atoms with Gasteiger partial charge in [0.1, 0.15) is 6.04 Å². The first-order valence-corrected chi connectivity index (χ1v) is 7.45. The Morgan fingerprint density at radius 1 is 1.46 bits per heavy atom. The van der Waals surface area contributed by atoms with E-state index in [-0.39, 0.29) is 24.2 Å². The maximum Gasteiger partial charge on any atom is 0.422 e. The van der Waals surface area contributed by atoms with E-state index in [2.05, 4.69) is 15.0 Å². The molecule has 0 saturated carbocycles. The molecule has 1 aromatic heterocycles. The summed E-state index contributed by atoms with van der Waals surface area (Å²) < 4.78 is 40.9. The molecule has 1 aromatic rings. The zero-order chi connectivity index (χ0) is 17.7. The fraction of sp³-hybridized carbons (Fsp3) is 0.533. The molecule has 1 aliphatic heterocycles. The summed E-state index contributed by atoms with van der Waals surface area (Å²) in [6.07, 6.45) is -1.76. The largest absolute Gasteiger partial charge is 0.468 e. The van der Waals surface area contributed by atoms with Gasteiger partial charge in [-0.1, -0.05) is 0 Å². The predicted octanol–water partition coefficient (Wildman–Crippen LogP) is 1.65. The van der Waals surface area contributed by atoms with E-state index < -0.39 is 18.8 Å². The van der Waals surface area contributed by atoms with E-state index in [1.165, 1.54) is 24.1 Å². The fourth-order valence-corrected chi connectivity index (χ4v) is 2.52. The third kappa shape index (κ3) is 5.10. The molecule has 1 atom stereocenters. The smallest absolute Gasteiger partial charge is 0.422 e. The van der Waals surface area contributed by atoms with E-state index in [1.54, 1.807) is 6.07 Å². The number of halogens is 3. The SMILES string of the molecule is CC(=O)N1CCC[C@H]1C(=O)NCc1ccnc(OCC(F)(F)F)c1. The quantitative estimate of drug-likeness (QED) is 0.881. The Morgan fingerprint density at radius 3 is 2.88 bits per heavy atom. The van der Waals surface area contributed by atoms with Crippen molar-refractivity contribution in [2.24, 2.45) is 0 Å². The van der Waals surface area contributed by atoms with Gasteiger partial charge in [-0.25, -0.2) is 4.98 Å². The van der Waals surface area contributed by atoms with Crippen LogP contribution in [-0.2, 0) is 16.1 Å². The molecule has 132 valence electrons. The van der Waals surface area contributed by atoms with Crippen LogP contribution in [0.3, 0.4) is 0 Å². The van der Waals surface area contributed by atoms with Crippen LogP contribution < -0.4 is 10.1 Å². The molecule has 0 unspecified atom stereocenters. The van der Waals surface area contributed by atoms with Crippen LogP contribution in [-0.4, -0.2) is 47.1 Å². The van der Waals surface area contributed by atoms with Gasteiger partial charge in [-0.3, -0.25) is 9.59 Å². The van der Waals surface area contributed by atoms with Gasteiger partial charge >= 0.3 is 6.18 Å². The van der Waals surface area contributed by atoms with E-state index >= 15 is 0 Å². The molecule has 1 saturated heterocycles. The molecule has 1 aliphatic rings. The second-order valence-corrected chi connectivity index (χ2v) is 5.49. The van der Waals surface area contributed by atoms with Gasteiger partial charge in [-0.2, -0.15) is 13.2 Å². The third-order valence-corrected chi connectivity index (χ3v) is 3.61. The van der Waals surface area contributed by atoms with Gasteiger partial charge in [0, 0.05) is 32.3 Å². The van der Waals surface area contributed by atoms with Crippen molar-refractivity contribution < 1.29 is 27.5 Å². The summed E-state index contributed by atoms with van der Waals surface area (Å²) in [5, 5.41) is 2.69. The van der Waals surface area contributed by atoms with Crippen molar-refractivity contribution in [2.45, 2.75) is 38.5 Å². The summed E-state index contributed by atoms with van der Waals surface area (Å²) in [7, 11) is 0. The minimum atomic E-state index is -4.44. The number of likely N-dealkylation sites (tertiary alicyclic amines) is 1. The zero-order valence-electron chi connectivity index (χ0n) is 13.1. The Bertz CT molecular complexity index is 607. The topological polar surface area (TPSA) is 71.5 Å². The molecule has 1 fully saturated rings. The minimum absolute atomic E-state index is 0.117. The highest BCUT2D eigenvalue weighted by atomic mass is 19.4. The van der Waals surface area contributed by atoms with E-state index in [9.17, 15) is 22.8 Å². The summed E-state index contributed by atoms with van der Waals surface area (Å²) in [5.74, 6) is -0.595. The lowest BCUT2D eigenvalue weighted by atomic mass is 10.2. The average Bonchev–Trinajstić information content (AvgIpc) is 3.00. The van der Waals surface area contributed by atoms with Gasteiger partial charge in [0.2, 0.25) is 17.7 Å². The second kappa shape index (κ2) is 7.50. The van der Waals surface area contributed by atoms with Crippen LogP contribution in [0.4, 0.5) is 13.2 Å². The number of carbonyl (C=O) groups is 2. The van der Waals surface area contributed by atoms with Crippen molar-refractivity contribution in [1.29, 1.82) is 0 Å². The van der Waals surface area contributed by atoms with Crippen molar-refractivity contribution in [3.05, 3.63) is 23.9 Å².